The zero-order chi connectivity index (χ0) is 23.1. The molecule has 2 aromatic heterocycles. The van der Waals surface area contributed by atoms with Gasteiger partial charge in [-0.2, -0.15) is 0 Å². The first-order valence-electron chi connectivity index (χ1n) is 11.4. The van der Waals surface area contributed by atoms with Gasteiger partial charge in [0.1, 0.15) is 11.5 Å². The van der Waals surface area contributed by atoms with Crippen LogP contribution in [0, 0.1) is 6.92 Å². The van der Waals surface area contributed by atoms with E-state index in [2.05, 4.69) is 83.0 Å². The summed E-state index contributed by atoms with van der Waals surface area (Å²) < 4.78 is 6.45. The first kappa shape index (κ1) is 20.2. The van der Waals surface area contributed by atoms with Crippen molar-refractivity contribution in [2.24, 2.45) is 0 Å². The number of rotatable bonds is 5. The Labute approximate surface area is 198 Å². The van der Waals surface area contributed by atoms with Crippen molar-refractivity contribution in [2.75, 3.05) is 5.73 Å². The van der Waals surface area contributed by atoms with Crippen LogP contribution in [0.25, 0.3) is 21.8 Å². The van der Waals surface area contributed by atoms with Gasteiger partial charge in [0.25, 0.3) is 0 Å². The average molecular weight is 444 g/mol. The summed E-state index contributed by atoms with van der Waals surface area (Å²) in [6.45, 7) is 2.03. The van der Waals surface area contributed by atoms with Gasteiger partial charge in [-0.3, -0.25) is 0 Å². The van der Waals surface area contributed by atoms with Crippen LogP contribution in [0.2, 0.25) is 0 Å². The maximum atomic E-state index is 6.45. The highest BCUT2D eigenvalue weighted by atomic mass is 16.5. The Morgan fingerprint density at radius 3 is 1.88 bits per heavy atom. The van der Waals surface area contributed by atoms with Crippen LogP contribution in [0.5, 0.6) is 11.5 Å². The molecule has 6 aromatic rings. The zero-order valence-corrected chi connectivity index (χ0v) is 18.9. The summed E-state index contributed by atoms with van der Waals surface area (Å²) >= 11 is 0. The van der Waals surface area contributed by atoms with Gasteiger partial charge in [0.05, 0.1) is 5.69 Å². The molecule has 0 spiro atoms. The molecule has 0 unspecified atom stereocenters. The number of fused-ring (bicyclic) bond motifs is 2. The largest absolute Gasteiger partial charge is 0.455 e. The molecule has 34 heavy (non-hydrogen) atoms. The molecule has 0 amide bonds. The predicted molar refractivity (Wildman–Crippen MR) is 140 cm³/mol. The molecule has 0 saturated heterocycles. The predicted octanol–water partition coefficient (Wildman–Crippen LogP) is 7.51. The summed E-state index contributed by atoms with van der Waals surface area (Å²) in [7, 11) is 0. The number of nitrogens with two attached hydrogens (primary N) is 1. The van der Waals surface area contributed by atoms with Crippen LogP contribution in [0.15, 0.2) is 103 Å². The Hall–Kier alpha value is -4.44. The summed E-state index contributed by atoms with van der Waals surface area (Å²) in [5.41, 5.74) is 13.7. The zero-order valence-electron chi connectivity index (χ0n) is 18.9. The van der Waals surface area contributed by atoms with Gasteiger partial charge in [0.2, 0.25) is 0 Å². The second-order valence-electron chi connectivity index (χ2n) is 8.69. The third kappa shape index (κ3) is 3.41. The number of H-pyrrole nitrogens is 2. The number of aromatic nitrogens is 2. The van der Waals surface area contributed by atoms with E-state index in [0.717, 1.165) is 27.9 Å². The number of hydrogen-bond donors (Lipinski definition) is 3. The van der Waals surface area contributed by atoms with Gasteiger partial charge in [0, 0.05) is 45.7 Å². The van der Waals surface area contributed by atoms with Crippen molar-refractivity contribution >= 4 is 27.5 Å². The van der Waals surface area contributed by atoms with Crippen molar-refractivity contribution in [3.8, 4) is 11.5 Å². The molecule has 4 nitrogen and oxygen atoms in total. The Bertz CT molecular complexity index is 1550. The van der Waals surface area contributed by atoms with E-state index in [-0.39, 0.29) is 5.92 Å². The Balaban J connectivity index is 1.57. The van der Waals surface area contributed by atoms with Gasteiger partial charge < -0.3 is 20.4 Å². The van der Waals surface area contributed by atoms with E-state index in [9.17, 15) is 0 Å². The maximum absolute atomic E-state index is 6.45. The minimum atomic E-state index is -0.0461. The topological polar surface area (TPSA) is 66.8 Å². The number of aryl methyl sites for hydroxylation is 1. The first-order chi connectivity index (χ1) is 16.7. The molecule has 166 valence electrons. The van der Waals surface area contributed by atoms with Crippen molar-refractivity contribution in [1.82, 2.24) is 9.97 Å². The van der Waals surface area contributed by atoms with E-state index in [1.165, 1.54) is 21.9 Å². The second-order valence-corrected chi connectivity index (χ2v) is 8.69. The summed E-state index contributed by atoms with van der Waals surface area (Å²) in [6.07, 6.45) is 4.24. The molecule has 0 fully saturated rings. The van der Waals surface area contributed by atoms with E-state index in [0.29, 0.717) is 11.4 Å². The Kier molecular flexibility index (Phi) is 4.84. The van der Waals surface area contributed by atoms with Crippen LogP contribution >= 0.6 is 0 Å². The highest BCUT2D eigenvalue weighted by Crippen LogP contribution is 2.44. The van der Waals surface area contributed by atoms with Crippen LogP contribution in [0.3, 0.4) is 0 Å². The van der Waals surface area contributed by atoms with Gasteiger partial charge in [-0.25, -0.2) is 0 Å². The van der Waals surface area contributed by atoms with E-state index >= 15 is 0 Å². The van der Waals surface area contributed by atoms with Crippen LogP contribution in [0.4, 0.5) is 5.69 Å². The van der Waals surface area contributed by atoms with Crippen molar-refractivity contribution in [1.29, 1.82) is 0 Å². The molecule has 4 aromatic carbocycles. The van der Waals surface area contributed by atoms with Gasteiger partial charge in [-0.05, 0) is 53.9 Å². The lowest BCUT2D eigenvalue weighted by Gasteiger charge is -2.21. The smallest absolute Gasteiger partial charge is 0.150 e. The third-order valence-electron chi connectivity index (χ3n) is 6.48. The van der Waals surface area contributed by atoms with Gasteiger partial charge in [-0.15, -0.1) is 0 Å². The quantitative estimate of drug-likeness (QED) is 0.241. The lowest BCUT2D eigenvalue weighted by atomic mass is 9.84. The fourth-order valence-corrected chi connectivity index (χ4v) is 4.86. The number of benzene rings is 4. The normalized spacial score (nSPS) is 11.5. The molecule has 6 rings (SSSR count). The molecular formula is C30H25N3O. The van der Waals surface area contributed by atoms with E-state index in [1.54, 1.807) is 0 Å². The molecule has 0 bridgehead atoms. The molecule has 0 aliphatic rings. The van der Waals surface area contributed by atoms with Crippen molar-refractivity contribution in [2.45, 2.75) is 12.8 Å². The molecule has 2 heterocycles. The highest BCUT2D eigenvalue weighted by molar-refractivity contribution is 5.89. The summed E-state index contributed by atoms with van der Waals surface area (Å²) in [6, 6.07) is 31.0. The molecule has 0 saturated carbocycles. The first-order valence-corrected chi connectivity index (χ1v) is 11.4. The number of ether oxygens (including phenoxy) is 1. The molecule has 4 N–H and O–H groups in total. The van der Waals surface area contributed by atoms with Crippen LogP contribution < -0.4 is 10.5 Å². The van der Waals surface area contributed by atoms with Gasteiger partial charge >= 0.3 is 0 Å². The van der Waals surface area contributed by atoms with Crippen molar-refractivity contribution < 1.29 is 4.74 Å². The van der Waals surface area contributed by atoms with Crippen molar-refractivity contribution in [3.63, 3.8) is 0 Å². The number of aromatic amines is 2. The highest BCUT2D eigenvalue weighted by Gasteiger charge is 2.26. The van der Waals surface area contributed by atoms with Gasteiger partial charge in [-0.1, -0.05) is 60.7 Å². The van der Waals surface area contributed by atoms with Crippen LogP contribution in [-0.2, 0) is 0 Å². The number of nitrogen functional groups attached to an aromatic ring is 1. The number of para-hydroxylation sites is 3. The molecule has 0 atom stereocenters. The van der Waals surface area contributed by atoms with Crippen LogP contribution in [0.1, 0.15) is 28.2 Å². The summed E-state index contributed by atoms with van der Waals surface area (Å²) in [5, 5.41) is 2.39. The van der Waals surface area contributed by atoms with Crippen molar-refractivity contribution in [3.05, 3.63) is 126 Å². The SMILES string of the molecule is Cc1ccc(Oc2ccccc2C(c2c[nH]c3ccccc23)c2c[nH]c3ccccc23)c(N)c1. The van der Waals surface area contributed by atoms with E-state index in [4.69, 9.17) is 10.5 Å². The lowest BCUT2D eigenvalue weighted by molar-refractivity contribution is 0.477. The second kappa shape index (κ2) is 8.16. The van der Waals surface area contributed by atoms with E-state index in [1.807, 2.05) is 37.3 Å². The Morgan fingerprint density at radius 2 is 1.24 bits per heavy atom. The monoisotopic (exact) mass is 443 g/mol. The lowest BCUT2D eigenvalue weighted by Crippen LogP contribution is -2.05. The molecule has 0 aliphatic carbocycles. The molecule has 0 aliphatic heterocycles. The minimum absolute atomic E-state index is 0.0461. The number of nitrogens with one attached hydrogen (secondary N) is 2. The molecule has 0 radical (unpaired) electrons. The standard InChI is InChI=1S/C30H25N3O/c1-19-14-15-29(25(31)16-19)34-28-13-7-4-10-22(28)30(23-17-32-26-11-5-2-8-20(23)26)24-18-33-27-12-6-3-9-21(24)27/h2-18,30,32-33H,31H2,1H3. The number of hydrogen-bond acceptors (Lipinski definition) is 2. The fourth-order valence-electron chi connectivity index (χ4n) is 4.86. The van der Waals surface area contributed by atoms with E-state index < -0.39 is 0 Å². The summed E-state index contributed by atoms with van der Waals surface area (Å²) in [5.74, 6) is 1.41. The fraction of sp³-hybridized carbons (Fsp3) is 0.0667. The van der Waals surface area contributed by atoms with Gasteiger partial charge in [0.15, 0.2) is 0 Å². The average Bonchev–Trinajstić information content (AvgIpc) is 3.47. The van der Waals surface area contributed by atoms with Crippen LogP contribution in [-0.4, -0.2) is 9.97 Å². The molecule has 4 heteroatoms. The number of anilines is 1. The third-order valence-corrected chi connectivity index (χ3v) is 6.48. The maximum Gasteiger partial charge on any atom is 0.150 e. The Morgan fingerprint density at radius 1 is 0.647 bits per heavy atom. The summed E-state index contributed by atoms with van der Waals surface area (Å²) in [4.78, 5) is 6.92. The minimum Gasteiger partial charge on any atom is -0.455 e. The molecular weight excluding hydrogens is 418 g/mol.